The average molecular weight is 340 g/mol. The van der Waals surface area contributed by atoms with Crippen LogP contribution in [0.2, 0.25) is 0 Å². The van der Waals surface area contributed by atoms with Gasteiger partial charge >= 0.3 is 0 Å². The number of para-hydroxylation sites is 2. The minimum Gasteiger partial charge on any atom is -0.393 e. The molecule has 1 fully saturated rings. The van der Waals surface area contributed by atoms with Gasteiger partial charge in [0.2, 0.25) is 0 Å². The number of ether oxygens (including phenoxy) is 1. The first-order chi connectivity index (χ1) is 12.2. The first kappa shape index (κ1) is 17.5. The van der Waals surface area contributed by atoms with E-state index in [1.807, 2.05) is 54.6 Å². The maximum atomic E-state index is 12.7. The summed E-state index contributed by atoms with van der Waals surface area (Å²) in [4.78, 5) is 14.9. The van der Waals surface area contributed by atoms with Gasteiger partial charge in [-0.2, -0.15) is 0 Å². The first-order valence-electron chi connectivity index (χ1n) is 8.59. The molecule has 1 saturated heterocycles. The second-order valence-corrected chi connectivity index (χ2v) is 6.25. The van der Waals surface area contributed by atoms with Crippen LogP contribution >= 0.6 is 0 Å². The Kier molecular flexibility index (Phi) is 5.68. The summed E-state index contributed by atoms with van der Waals surface area (Å²) in [5.74, 6) is -0.196. The number of nitrogens with one attached hydrogen (secondary N) is 1. The third kappa shape index (κ3) is 4.18. The predicted octanol–water partition coefficient (Wildman–Crippen LogP) is 2.97. The van der Waals surface area contributed by atoms with Gasteiger partial charge in [0.25, 0.3) is 5.91 Å². The summed E-state index contributed by atoms with van der Waals surface area (Å²) in [6, 6.07) is 17.2. The monoisotopic (exact) mass is 340 g/mol. The van der Waals surface area contributed by atoms with Crippen LogP contribution in [0.1, 0.15) is 24.5 Å². The van der Waals surface area contributed by atoms with Crippen molar-refractivity contribution in [3.63, 3.8) is 0 Å². The molecule has 1 aliphatic rings. The first-order valence-corrected chi connectivity index (χ1v) is 8.59. The highest BCUT2D eigenvalue weighted by atomic mass is 16.5. The number of rotatable bonds is 5. The summed E-state index contributed by atoms with van der Waals surface area (Å²) in [7, 11) is 1.54. The summed E-state index contributed by atoms with van der Waals surface area (Å²) in [5, 5.41) is 12.7. The van der Waals surface area contributed by atoms with E-state index in [-0.39, 0.29) is 12.0 Å². The molecule has 25 heavy (non-hydrogen) atoms. The fourth-order valence-electron chi connectivity index (χ4n) is 3.18. The molecule has 5 heteroatoms. The molecule has 2 aromatic rings. The molecular formula is C20H24N2O3. The number of nitrogens with zero attached hydrogens (tertiary/aromatic N) is 1. The molecule has 0 aromatic heterocycles. The van der Waals surface area contributed by atoms with Crippen LogP contribution in [0.15, 0.2) is 54.6 Å². The molecule has 0 bridgehead atoms. The third-order valence-electron chi connectivity index (χ3n) is 4.54. The molecule has 2 N–H and O–H groups in total. The van der Waals surface area contributed by atoms with E-state index in [4.69, 9.17) is 4.74 Å². The second-order valence-electron chi connectivity index (χ2n) is 6.25. The van der Waals surface area contributed by atoms with Crippen LogP contribution in [-0.2, 0) is 9.53 Å². The summed E-state index contributed by atoms with van der Waals surface area (Å²) in [6.07, 6.45) is 0.603. The van der Waals surface area contributed by atoms with Crippen molar-refractivity contribution in [1.82, 2.24) is 0 Å². The number of piperidine rings is 1. The number of aliphatic hydroxyl groups excluding tert-OH is 1. The minimum atomic E-state index is -0.655. The maximum absolute atomic E-state index is 12.7. The lowest BCUT2D eigenvalue weighted by Gasteiger charge is -2.33. The molecule has 1 atom stereocenters. The Morgan fingerprint density at radius 1 is 1.12 bits per heavy atom. The zero-order chi connectivity index (χ0) is 17.6. The van der Waals surface area contributed by atoms with Gasteiger partial charge in [0.15, 0.2) is 6.10 Å². The van der Waals surface area contributed by atoms with Crippen LogP contribution in [0.5, 0.6) is 0 Å². The molecule has 0 radical (unpaired) electrons. The van der Waals surface area contributed by atoms with Crippen LogP contribution < -0.4 is 10.2 Å². The lowest BCUT2D eigenvalue weighted by Crippen LogP contribution is -2.36. The average Bonchev–Trinajstić information content (AvgIpc) is 2.64. The molecule has 0 aliphatic carbocycles. The Hall–Kier alpha value is -2.37. The van der Waals surface area contributed by atoms with Gasteiger partial charge in [-0.15, -0.1) is 0 Å². The molecule has 1 heterocycles. The molecule has 1 amide bonds. The number of carbonyl (C=O) groups is 1. The number of hydrogen-bond donors (Lipinski definition) is 2. The molecule has 132 valence electrons. The van der Waals surface area contributed by atoms with E-state index in [1.54, 1.807) is 0 Å². The number of anilines is 2. The van der Waals surface area contributed by atoms with Crippen LogP contribution in [0.3, 0.4) is 0 Å². The van der Waals surface area contributed by atoms with Gasteiger partial charge in [-0.1, -0.05) is 42.5 Å². The van der Waals surface area contributed by atoms with E-state index >= 15 is 0 Å². The highest BCUT2D eigenvalue weighted by molar-refractivity contribution is 5.97. The van der Waals surface area contributed by atoms with Crippen molar-refractivity contribution in [1.29, 1.82) is 0 Å². The summed E-state index contributed by atoms with van der Waals surface area (Å²) in [6.45, 7) is 1.56. The topological polar surface area (TPSA) is 61.8 Å². The number of aliphatic hydroxyl groups is 1. The van der Waals surface area contributed by atoms with Gasteiger partial charge in [0, 0.05) is 20.2 Å². The minimum absolute atomic E-state index is 0.196. The van der Waals surface area contributed by atoms with Gasteiger partial charge in [0.1, 0.15) is 0 Å². The number of carbonyl (C=O) groups excluding carboxylic acids is 1. The largest absolute Gasteiger partial charge is 0.393 e. The van der Waals surface area contributed by atoms with Crippen LogP contribution in [0, 0.1) is 0 Å². The van der Waals surface area contributed by atoms with E-state index < -0.39 is 6.10 Å². The van der Waals surface area contributed by atoms with Crippen molar-refractivity contribution in [2.75, 3.05) is 30.4 Å². The molecule has 0 unspecified atom stereocenters. The maximum Gasteiger partial charge on any atom is 0.258 e. The van der Waals surface area contributed by atoms with Crippen molar-refractivity contribution in [2.24, 2.45) is 0 Å². The Bertz CT molecular complexity index is 697. The lowest BCUT2D eigenvalue weighted by atomic mass is 10.1. The zero-order valence-corrected chi connectivity index (χ0v) is 14.4. The molecule has 5 nitrogen and oxygen atoms in total. The van der Waals surface area contributed by atoms with E-state index in [9.17, 15) is 9.90 Å². The summed E-state index contributed by atoms with van der Waals surface area (Å²) < 4.78 is 5.41. The SMILES string of the molecule is CO[C@@H](C(=O)Nc1ccccc1N1CCC(O)CC1)c1ccccc1. The Balaban J connectivity index is 1.77. The van der Waals surface area contributed by atoms with E-state index in [0.717, 1.165) is 42.9 Å². The predicted molar refractivity (Wildman–Crippen MR) is 98.7 cm³/mol. The highest BCUT2D eigenvalue weighted by Gasteiger charge is 2.23. The van der Waals surface area contributed by atoms with Crippen molar-refractivity contribution < 1.29 is 14.6 Å². The van der Waals surface area contributed by atoms with Gasteiger partial charge in [-0.05, 0) is 30.5 Å². The van der Waals surface area contributed by atoms with Crippen molar-refractivity contribution in [3.05, 3.63) is 60.2 Å². The Morgan fingerprint density at radius 2 is 1.76 bits per heavy atom. The Morgan fingerprint density at radius 3 is 2.44 bits per heavy atom. The van der Waals surface area contributed by atoms with Crippen molar-refractivity contribution in [2.45, 2.75) is 25.0 Å². The van der Waals surface area contributed by atoms with Gasteiger partial charge in [-0.25, -0.2) is 0 Å². The fraction of sp³-hybridized carbons (Fsp3) is 0.350. The van der Waals surface area contributed by atoms with Crippen LogP contribution in [0.4, 0.5) is 11.4 Å². The van der Waals surface area contributed by atoms with E-state index in [2.05, 4.69) is 10.2 Å². The fourth-order valence-corrected chi connectivity index (χ4v) is 3.18. The second kappa shape index (κ2) is 8.14. The molecular weight excluding hydrogens is 316 g/mol. The number of amides is 1. The summed E-state index contributed by atoms with van der Waals surface area (Å²) in [5.41, 5.74) is 2.56. The van der Waals surface area contributed by atoms with Gasteiger partial charge in [-0.3, -0.25) is 4.79 Å². The number of benzene rings is 2. The van der Waals surface area contributed by atoms with E-state index in [0.29, 0.717) is 0 Å². The molecule has 0 saturated carbocycles. The van der Waals surface area contributed by atoms with Crippen LogP contribution in [0.25, 0.3) is 0 Å². The molecule has 0 spiro atoms. The Labute approximate surface area is 148 Å². The highest BCUT2D eigenvalue weighted by Crippen LogP contribution is 2.29. The molecule has 3 rings (SSSR count). The normalized spacial score (nSPS) is 16.5. The molecule has 2 aromatic carbocycles. The lowest BCUT2D eigenvalue weighted by molar-refractivity contribution is -0.126. The smallest absolute Gasteiger partial charge is 0.258 e. The third-order valence-corrected chi connectivity index (χ3v) is 4.54. The number of hydrogen-bond acceptors (Lipinski definition) is 4. The van der Waals surface area contributed by atoms with Crippen molar-refractivity contribution >= 4 is 17.3 Å². The zero-order valence-electron chi connectivity index (χ0n) is 14.4. The van der Waals surface area contributed by atoms with Gasteiger partial charge in [0.05, 0.1) is 17.5 Å². The molecule has 1 aliphatic heterocycles. The van der Waals surface area contributed by atoms with Crippen LogP contribution in [-0.4, -0.2) is 37.3 Å². The van der Waals surface area contributed by atoms with Gasteiger partial charge < -0.3 is 20.1 Å². The summed E-state index contributed by atoms with van der Waals surface area (Å²) >= 11 is 0. The standard InChI is InChI=1S/C20H24N2O3/c1-25-19(15-7-3-2-4-8-15)20(24)21-17-9-5-6-10-18(17)22-13-11-16(23)12-14-22/h2-10,16,19,23H,11-14H2,1H3,(H,21,24)/t19-/m1/s1. The van der Waals surface area contributed by atoms with Crippen molar-refractivity contribution in [3.8, 4) is 0 Å². The number of methoxy groups -OCH3 is 1. The van der Waals surface area contributed by atoms with E-state index in [1.165, 1.54) is 7.11 Å². The quantitative estimate of drug-likeness (QED) is 0.878.